The Hall–Kier alpha value is -1.76. The SMILES string of the molecule is CC=C(OC)c1ccc2ccccc2c1. The Morgan fingerprint density at radius 3 is 2.47 bits per heavy atom. The van der Waals surface area contributed by atoms with Crippen molar-refractivity contribution >= 4 is 16.5 Å². The second-order valence-corrected chi connectivity index (χ2v) is 3.42. The molecule has 2 aromatic rings. The van der Waals surface area contributed by atoms with Crippen LogP contribution in [0.4, 0.5) is 0 Å². The Morgan fingerprint density at radius 2 is 1.80 bits per heavy atom. The van der Waals surface area contributed by atoms with Crippen LogP contribution in [0.25, 0.3) is 16.5 Å². The topological polar surface area (TPSA) is 9.23 Å². The number of hydrogen-bond acceptors (Lipinski definition) is 1. The largest absolute Gasteiger partial charge is 0.496 e. The van der Waals surface area contributed by atoms with Gasteiger partial charge >= 0.3 is 0 Å². The summed E-state index contributed by atoms with van der Waals surface area (Å²) in [7, 11) is 1.70. The van der Waals surface area contributed by atoms with Crippen LogP contribution in [0.15, 0.2) is 48.5 Å². The highest BCUT2D eigenvalue weighted by Gasteiger charge is 2.00. The quantitative estimate of drug-likeness (QED) is 0.666. The van der Waals surface area contributed by atoms with Crippen LogP contribution in [0.1, 0.15) is 12.5 Å². The molecule has 0 spiro atoms. The fourth-order valence-electron chi connectivity index (χ4n) is 1.74. The minimum atomic E-state index is 0.917. The van der Waals surface area contributed by atoms with Gasteiger partial charge in [0, 0.05) is 5.56 Å². The predicted octanol–water partition coefficient (Wildman–Crippen LogP) is 3.85. The maximum absolute atomic E-state index is 5.30. The number of fused-ring (bicyclic) bond motifs is 1. The number of rotatable bonds is 2. The Bertz CT molecular complexity index is 497. The molecule has 0 radical (unpaired) electrons. The molecular weight excluding hydrogens is 184 g/mol. The first kappa shape index (κ1) is 9.78. The van der Waals surface area contributed by atoms with E-state index in [4.69, 9.17) is 4.74 Å². The summed E-state index contributed by atoms with van der Waals surface area (Å²) in [5.74, 6) is 0.917. The molecule has 2 aromatic carbocycles. The third-order valence-corrected chi connectivity index (χ3v) is 2.52. The standard InChI is InChI=1S/C14H14O/c1-3-14(15-2)13-9-8-11-6-4-5-7-12(11)10-13/h3-10H,1-2H3. The fraction of sp³-hybridized carbons (Fsp3) is 0.143. The predicted molar refractivity (Wildman–Crippen MR) is 64.6 cm³/mol. The monoisotopic (exact) mass is 198 g/mol. The Balaban J connectivity index is 2.56. The van der Waals surface area contributed by atoms with Crippen LogP contribution in [0, 0.1) is 0 Å². The number of benzene rings is 2. The van der Waals surface area contributed by atoms with Gasteiger partial charge in [0.1, 0.15) is 5.76 Å². The van der Waals surface area contributed by atoms with Gasteiger partial charge < -0.3 is 4.74 Å². The minimum absolute atomic E-state index is 0.917. The second-order valence-electron chi connectivity index (χ2n) is 3.42. The van der Waals surface area contributed by atoms with E-state index < -0.39 is 0 Å². The molecule has 0 bridgehead atoms. The van der Waals surface area contributed by atoms with E-state index in [0.717, 1.165) is 11.3 Å². The zero-order valence-corrected chi connectivity index (χ0v) is 9.03. The van der Waals surface area contributed by atoms with Gasteiger partial charge in [-0.3, -0.25) is 0 Å². The van der Waals surface area contributed by atoms with Crippen LogP contribution < -0.4 is 0 Å². The molecular formula is C14H14O. The van der Waals surface area contributed by atoms with Gasteiger partial charge in [-0.15, -0.1) is 0 Å². The number of methoxy groups -OCH3 is 1. The molecule has 0 aromatic heterocycles. The summed E-state index contributed by atoms with van der Waals surface area (Å²) in [4.78, 5) is 0. The molecule has 0 atom stereocenters. The van der Waals surface area contributed by atoms with Crippen molar-refractivity contribution < 1.29 is 4.74 Å². The first-order valence-electron chi connectivity index (χ1n) is 5.04. The number of hydrogen-bond donors (Lipinski definition) is 0. The molecule has 1 heteroatoms. The molecule has 0 aliphatic carbocycles. The molecule has 76 valence electrons. The van der Waals surface area contributed by atoms with Gasteiger partial charge in [-0.25, -0.2) is 0 Å². The van der Waals surface area contributed by atoms with Crippen molar-refractivity contribution in [2.24, 2.45) is 0 Å². The molecule has 1 nitrogen and oxygen atoms in total. The average molecular weight is 198 g/mol. The summed E-state index contributed by atoms with van der Waals surface area (Å²) in [6.45, 7) is 1.98. The maximum atomic E-state index is 5.30. The highest BCUT2D eigenvalue weighted by molar-refractivity contribution is 5.85. The van der Waals surface area contributed by atoms with E-state index in [1.54, 1.807) is 7.11 Å². The van der Waals surface area contributed by atoms with Gasteiger partial charge in [-0.2, -0.15) is 0 Å². The lowest BCUT2D eigenvalue weighted by Gasteiger charge is -2.06. The average Bonchev–Trinajstić information content (AvgIpc) is 2.30. The Kier molecular flexibility index (Phi) is 2.72. The summed E-state index contributed by atoms with van der Waals surface area (Å²) in [6.07, 6.45) is 1.98. The van der Waals surface area contributed by atoms with Crippen LogP contribution in [-0.2, 0) is 4.74 Å². The van der Waals surface area contributed by atoms with Gasteiger partial charge in [0.25, 0.3) is 0 Å². The zero-order valence-electron chi connectivity index (χ0n) is 9.03. The van der Waals surface area contributed by atoms with E-state index in [2.05, 4.69) is 36.4 Å². The van der Waals surface area contributed by atoms with E-state index in [1.165, 1.54) is 10.8 Å². The molecule has 0 fully saturated rings. The van der Waals surface area contributed by atoms with E-state index >= 15 is 0 Å². The smallest absolute Gasteiger partial charge is 0.121 e. The Morgan fingerprint density at radius 1 is 1.07 bits per heavy atom. The fourth-order valence-corrected chi connectivity index (χ4v) is 1.74. The lowest BCUT2D eigenvalue weighted by Crippen LogP contribution is -1.86. The van der Waals surface area contributed by atoms with Gasteiger partial charge in [-0.05, 0) is 29.8 Å². The zero-order chi connectivity index (χ0) is 10.7. The second kappa shape index (κ2) is 4.18. The molecule has 0 saturated heterocycles. The van der Waals surface area contributed by atoms with Crippen molar-refractivity contribution in [1.29, 1.82) is 0 Å². The first-order chi connectivity index (χ1) is 7.35. The lowest BCUT2D eigenvalue weighted by atomic mass is 10.1. The van der Waals surface area contributed by atoms with Crippen molar-refractivity contribution in [3.05, 3.63) is 54.1 Å². The first-order valence-corrected chi connectivity index (χ1v) is 5.04. The van der Waals surface area contributed by atoms with Crippen molar-refractivity contribution in [3.63, 3.8) is 0 Å². The molecule has 0 amide bonds. The summed E-state index contributed by atoms with van der Waals surface area (Å²) in [5, 5.41) is 2.50. The molecule has 0 aliphatic rings. The normalized spacial score (nSPS) is 11.7. The molecule has 0 aliphatic heterocycles. The van der Waals surface area contributed by atoms with E-state index in [1.807, 2.05) is 19.1 Å². The Labute approximate surface area is 90.0 Å². The maximum Gasteiger partial charge on any atom is 0.121 e. The molecule has 0 saturated carbocycles. The molecule has 0 heterocycles. The van der Waals surface area contributed by atoms with Gasteiger partial charge in [0.15, 0.2) is 0 Å². The summed E-state index contributed by atoms with van der Waals surface area (Å²) >= 11 is 0. The summed E-state index contributed by atoms with van der Waals surface area (Å²) in [5.41, 5.74) is 1.12. The van der Waals surface area contributed by atoms with Crippen molar-refractivity contribution in [1.82, 2.24) is 0 Å². The van der Waals surface area contributed by atoms with Crippen LogP contribution in [0.2, 0.25) is 0 Å². The highest BCUT2D eigenvalue weighted by atomic mass is 16.5. The molecule has 15 heavy (non-hydrogen) atoms. The highest BCUT2D eigenvalue weighted by Crippen LogP contribution is 2.21. The van der Waals surface area contributed by atoms with E-state index in [-0.39, 0.29) is 0 Å². The van der Waals surface area contributed by atoms with E-state index in [0.29, 0.717) is 0 Å². The number of ether oxygens (including phenoxy) is 1. The molecule has 2 rings (SSSR count). The molecule has 0 N–H and O–H groups in total. The van der Waals surface area contributed by atoms with Crippen molar-refractivity contribution in [2.45, 2.75) is 6.92 Å². The van der Waals surface area contributed by atoms with Crippen molar-refractivity contribution in [3.8, 4) is 0 Å². The molecule has 0 unspecified atom stereocenters. The summed E-state index contributed by atoms with van der Waals surface area (Å²) < 4.78 is 5.30. The minimum Gasteiger partial charge on any atom is -0.496 e. The van der Waals surface area contributed by atoms with Crippen molar-refractivity contribution in [2.75, 3.05) is 7.11 Å². The van der Waals surface area contributed by atoms with Crippen LogP contribution >= 0.6 is 0 Å². The van der Waals surface area contributed by atoms with E-state index in [9.17, 15) is 0 Å². The summed E-state index contributed by atoms with van der Waals surface area (Å²) in [6, 6.07) is 14.7. The van der Waals surface area contributed by atoms with Crippen LogP contribution in [0.3, 0.4) is 0 Å². The third kappa shape index (κ3) is 1.86. The van der Waals surface area contributed by atoms with Gasteiger partial charge in [-0.1, -0.05) is 36.4 Å². The lowest BCUT2D eigenvalue weighted by molar-refractivity contribution is 0.369. The van der Waals surface area contributed by atoms with Crippen LogP contribution in [0.5, 0.6) is 0 Å². The van der Waals surface area contributed by atoms with Crippen LogP contribution in [-0.4, -0.2) is 7.11 Å². The number of allylic oxidation sites excluding steroid dienone is 1. The van der Waals surface area contributed by atoms with Gasteiger partial charge in [0.2, 0.25) is 0 Å². The van der Waals surface area contributed by atoms with Gasteiger partial charge in [0.05, 0.1) is 7.11 Å². The third-order valence-electron chi connectivity index (χ3n) is 2.52.